The summed E-state index contributed by atoms with van der Waals surface area (Å²) >= 11 is 0. The predicted molar refractivity (Wildman–Crippen MR) is 71.0 cm³/mol. The molecule has 1 aromatic rings. The molecular formula is C13H18N2O4. The average Bonchev–Trinajstić information content (AvgIpc) is 2.34. The molecule has 19 heavy (non-hydrogen) atoms. The molecule has 0 bridgehead atoms. The molecule has 1 amide bonds. The van der Waals surface area contributed by atoms with Gasteiger partial charge in [-0.1, -0.05) is 13.8 Å². The standard InChI is InChI=1S/C13H18N2O4/c1-8(2)12(16)7-14-13(17)10-4-9(3)5-11(6-10)15(18)19/h4-6,8,12,16H,7H2,1-3H3,(H,14,17). The second kappa shape index (κ2) is 6.29. The van der Waals surface area contributed by atoms with Crippen LogP contribution in [0.25, 0.3) is 0 Å². The molecule has 2 N–H and O–H groups in total. The molecule has 1 aromatic carbocycles. The zero-order chi connectivity index (χ0) is 14.6. The summed E-state index contributed by atoms with van der Waals surface area (Å²) in [4.78, 5) is 22.0. The van der Waals surface area contributed by atoms with Crippen LogP contribution in [0.15, 0.2) is 18.2 Å². The van der Waals surface area contributed by atoms with E-state index < -0.39 is 16.9 Å². The van der Waals surface area contributed by atoms with Crippen LogP contribution in [0.2, 0.25) is 0 Å². The van der Waals surface area contributed by atoms with Gasteiger partial charge >= 0.3 is 0 Å². The SMILES string of the molecule is Cc1cc(C(=O)NCC(O)C(C)C)cc([N+](=O)[O-])c1. The normalized spacial score (nSPS) is 12.3. The molecule has 6 heteroatoms. The van der Waals surface area contributed by atoms with Crippen molar-refractivity contribution in [2.75, 3.05) is 6.54 Å². The minimum Gasteiger partial charge on any atom is -0.391 e. The van der Waals surface area contributed by atoms with Gasteiger partial charge in [-0.15, -0.1) is 0 Å². The Morgan fingerprint density at radius 3 is 2.58 bits per heavy atom. The van der Waals surface area contributed by atoms with E-state index in [1.165, 1.54) is 12.1 Å². The Morgan fingerprint density at radius 2 is 2.05 bits per heavy atom. The van der Waals surface area contributed by atoms with Crippen molar-refractivity contribution >= 4 is 11.6 Å². The number of aliphatic hydroxyl groups is 1. The van der Waals surface area contributed by atoms with Crippen molar-refractivity contribution < 1.29 is 14.8 Å². The zero-order valence-electron chi connectivity index (χ0n) is 11.2. The molecular weight excluding hydrogens is 248 g/mol. The molecule has 1 unspecified atom stereocenters. The van der Waals surface area contributed by atoms with Crippen molar-refractivity contribution in [3.63, 3.8) is 0 Å². The number of aryl methyl sites for hydroxylation is 1. The van der Waals surface area contributed by atoms with E-state index in [0.29, 0.717) is 5.56 Å². The number of benzene rings is 1. The topological polar surface area (TPSA) is 92.5 Å². The van der Waals surface area contributed by atoms with Gasteiger partial charge in [-0.2, -0.15) is 0 Å². The lowest BCUT2D eigenvalue weighted by molar-refractivity contribution is -0.384. The monoisotopic (exact) mass is 266 g/mol. The molecule has 0 heterocycles. The Morgan fingerprint density at radius 1 is 1.42 bits per heavy atom. The summed E-state index contributed by atoms with van der Waals surface area (Å²) in [6, 6.07) is 4.20. The molecule has 1 rings (SSSR count). The Hall–Kier alpha value is -1.95. The van der Waals surface area contributed by atoms with Crippen molar-refractivity contribution in [2.45, 2.75) is 26.9 Å². The van der Waals surface area contributed by atoms with E-state index in [4.69, 9.17) is 0 Å². The van der Waals surface area contributed by atoms with Gasteiger partial charge in [0.1, 0.15) is 0 Å². The van der Waals surface area contributed by atoms with Crippen LogP contribution < -0.4 is 5.32 Å². The first-order valence-corrected chi connectivity index (χ1v) is 6.03. The number of carbonyl (C=O) groups excluding carboxylic acids is 1. The number of nitrogens with one attached hydrogen (secondary N) is 1. The van der Waals surface area contributed by atoms with Gasteiger partial charge < -0.3 is 10.4 Å². The van der Waals surface area contributed by atoms with Crippen LogP contribution in [0.3, 0.4) is 0 Å². The molecule has 0 radical (unpaired) electrons. The lowest BCUT2D eigenvalue weighted by Crippen LogP contribution is -2.34. The molecule has 0 fully saturated rings. The minimum atomic E-state index is -0.635. The van der Waals surface area contributed by atoms with Crippen molar-refractivity contribution in [2.24, 2.45) is 5.92 Å². The summed E-state index contributed by atoms with van der Waals surface area (Å²) in [7, 11) is 0. The van der Waals surface area contributed by atoms with Crippen LogP contribution in [0.5, 0.6) is 0 Å². The van der Waals surface area contributed by atoms with Crippen LogP contribution in [0, 0.1) is 23.0 Å². The van der Waals surface area contributed by atoms with Gasteiger partial charge in [0, 0.05) is 24.2 Å². The van der Waals surface area contributed by atoms with Crippen molar-refractivity contribution in [3.8, 4) is 0 Å². The number of hydrogen-bond acceptors (Lipinski definition) is 4. The molecule has 0 saturated heterocycles. The molecule has 0 aromatic heterocycles. The first-order chi connectivity index (χ1) is 8.81. The van der Waals surface area contributed by atoms with E-state index in [2.05, 4.69) is 5.32 Å². The lowest BCUT2D eigenvalue weighted by atomic mass is 10.1. The van der Waals surface area contributed by atoms with Crippen molar-refractivity contribution in [3.05, 3.63) is 39.4 Å². The van der Waals surface area contributed by atoms with Crippen LogP contribution in [-0.4, -0.2) is 28.6 Å². The smallest absolute Gasteiger partial charge is 0.270 e. The fourth-order valence-corrected chi connectivity index (χ4v) is 1.53. The van der Waals surface area contributed by atoms with E-state index in [-0.39, 0.29) is 23.7 Å². The molecule has 104 valence electrons. The maximum Gasteiger partial charge on any atom is 0.270 e. The molecule has 0 saturated carbocycles. The number of amides is 1. The highest BCUT2D eigenvalue weighted by Gasteiger charge is 2.15. The second-order valence-corrected chi connectivity index (χ2v) is 4.84. The number of aliphatic hydroxyl groups excluding tert-OH is 1. The largest absolute Gasteiger partial charge is 0.391 e. The van der Waals surface area contributed by atoms with Gasteiger partial charge in [0.15, 0.2) is 0 Å². The third-order valence-electron chi connectivity index (χ3n) is 2.78. The summed E-state index contributed by atoms with van der Waals surface area (Å²) in [5, 5.41) is 22.9. The Balaban J connectivity index is 2.80. The number of non-ortho nitro benzene ring substituents is 1. The molecule has 0 aliphatic carbocycles. The molecule has 0 aliphatic rings. The van der Waals surface area contributed by atoms with Gasteiger partial charge in [-0.25, -0.2) is 0 Å². The van der Waals surface area contributed by atoms with Crippen LogP contribution in [0.1, 0.15) is 29.8 Å². The van der Waals surface area contributed by atoms with Crippen LogP contribution >= 0.6 is 0 Å². The van der Waals surface area contributed by atoms with Crippen molar-refractivity contribution in [1.29, 1.82) is 0 Å². The van der Waals surface area contributed by atoms with Gasteiger partial charge in [0.05, 0.1) is 11.0 Å². The quantitative estimate of drug-likeness (QED) is 0.626. The molecule has 0 spiro atoms. The Labute approximate surface area is 111 Å². The van der Waals surface area contributed by atoms with E-state index in [9.17, 15) is 20.0 Å². The summed E-state index contributed by atoms with van der Waals surface area (Å²) in [6.07, 6.45) is -0.635. The number of carbonyl (C=O) groups is 1. The first-order valence-electron chi connectivity index (χ1n) is 6.03. The maximum atomic E-state index is 11.9. The highest BCUT2D eigenvalue weighted by atomic mass is 16.6. The lowest BCUT2D eigenvalue weighted by Gasteiger charge is -2.15. The van der Waals surface area contributed by atoms with Crippen LogP contribution in [-0.2, 0) is 0 Å². The van der Waals surface area contributed by atoms with E-state index in [1.807, 2.05) is 13.8 Å². The highest BCUT2D eigenvalue weighted by molar-refractivity contribution is 5.95. The summed E-state index contributed by atoms with van der Waals surface area (Å²) in [6.45, 7) is 5.49. The number of nitrogens with zero attached hydrogens (tertiary/aromatic N) is 1. The Kier molecular flexibility index (Phi) is 5.00. The number of hydrogen-bond donors (Lipinski definition) is 2. The van der Waals surface area contributed by atoms with E-state index in [0.717, 1.165) is 0 Å². The number of nitro benzene ring substituents is 1. The predicted octanol–water partition coefficient (Wildman–Crippen LogP) is 1.65. The van der Waals surface area contributed by atoms with Crippen molar-refractivity contribution in [1.82, 2.24) is 5.32 Å². The highest BCUT2D eigenvalue weighted by Crippen LogP contribution is 2.16. The van der Waals surface area contributed by atoms with Gasteiger partial charge in [-0.3, -0.25) is 14.9 Å². The van der Waals surface area contributed by atoms with Crippen LogP contribution in [0.4, 0.5) is 5.69 Å². The second-order valence-electron chi connectivity index (χ2n) is 4.84. The average molecular weight is 266 g/mol. The third kappa shape index (κ3) is 4.33. The maximum absolute atomic E-state index is 11.9. The molecule has 0 aliphatic heterocycles. The summed E-state index contributed by atoms with van der Waals surface area (Å²) in [5.41, 5.74) is 0.751. The summed E-state index contributed by atoms with van der Waals surface area (Å²) in [5.74, 6) is -0.390. The molecule has 6 nitrogen and oxygen atoms in total. The number of rotatable bonds is 5. The third-order valence-corrected chi connectivity index (χ3v) is 2.78. The van der Waals surface area contributed by atoms with Gasteiger partial charge in [0.2, 0.25) is 0 Å². The van der Waals surface area contributed by atoms with E-state index in [1.54, 1.807) is 13.0 Å². The minimum absolute atomic E-state index is 0.0344. The molecule has 1 atom stereocenters. The van der Waals surface area contributed by atoms with Gasteiger partial charge in [0.25, 0.3) is 11.6 Å². The summed E-state index contributed by atoms with van der Waals surface area (Å²) < 4.78 is 0. The van der Waals surface area contributed by atoms with E-state index >= 15 is 0 Å². The fraction of sp³-hybridized carbons (Fsp3) is 0.462. The number of nitro groups is 1. The Bertz CT molecular complexity index is 486. The zero-order valence-corrected chi connectivity index (χ0v) is 11.2. The fourth-order valence-electron chi connectivity index (χ4n) is 1.53. The first kappa shape index (κ1) is 15.1. The van der Waals surface area contributed by atoms with Gasteiger partial charge in [-0.05, 0) is 24.5 Å².